The predicted molar refractivity (Wildman–Crippen MR) is 97.5 cm³/mol. The first-order chi connectivity index (χ1) is 8.81. The van der Waals surface area contributed by atoms with E-state index >= 15 is 0 Å². The van der Waals surface area contributed by atoms with Crippen LogP contribution in [0.2, 0.25) is 12.1 Å². The van der Waals surface area contributed by atoms with Crippen molar-refractivity contribution in [2.45, 2.75) is 103 Å². The second kappa shape index (κ2) is 16.0. The first-order valence-electron chi connectivity index (χ1n) is 8.45. The van der Waals surface area contributed by atoms with Crippen molar-refractivity contribution in [2.24, 2.45) is 0 Å². The van der Waals surface area contributed by atoms with Gasteiger partial charge in [0.1, 0.15) is 6.29 Å². The van der Waals surface area contributed by atoms with Gasteiger partial charge in [-0.1, -0.05) is 103 Å². The molecule has 0 spiro atoms. The maximum atomic E-state index is 2.82. The average Bonchev–Trinajstić information content (AvgIpc) is 2.38. The molecule has 0 N–H and O–H groups in total. The molecule has 0 radical (unpaired) electrons. The van der Waals surface area contributed by atoms with Crippen molar-refractivity contribution in [2.75, 3.05) is 0 Å². The molecular formula is C16H35ISi. The first kappa shape index (κ1) is 18.9. The predicted octanol–water partition coefficient (Wildman–Crippen LogP) is 6.87. The zero-order valence-corrected chi connectivity index (χ0v) is 16.2. The molecule has 0 saturated heterocycles. The average molecular weight is 382 g/mol. The molecule has 0 aromatic rings. The van der Waals surface area contributed by atoms with E-state index in [1.54, 1.807) is 12.1 Å². The van der Waals surface area contributed by atoms with Gasteiger partial charge in [0.2, 0.25) is 0 Å². The van der Waals surface area contributed by atoms with E-state index in [1.807, 2.05) is 0 Å². The summed E-state index contributed by atoms with van der Waals surface area (Å²) >= 11 is 2.82. The van der Waals surface area contributed by atoms with Crippen LogP contribution >= 0.6 is 21.8 Å². The third kappa shape index (κ3) is 15.0. The SMILES string of the molecule is CCCCCCCC[SiH](I)CCCCCCCC. The second-order valence-electron chi connectivity index (χ2n) is 5.71. The molecule has 0 heterocycles. The van der Waals surface area contributed by atoms with E-state index in [1.165, 1.54) is 77.0 Å². The second-order valence-corrected chi connectivity index (χ2v) is 13.3. The van der Waals surface area contributed by atoms with E-state index < -0.39 is 0 Å². The Balaban J connectivity index is 3.10. The van der Waals surface area contributed by atoms with Crippen LogP contribution in [0.15, 0.2) is 0 Å². The Morgan fingerprint density at radius 2 is 0.889 bits per heavy atom. The molecule has 0 rings (SSSR count). The molecule has 0 aromatic heterocycles. The fourth-order valence-corrected chi connectivity index (χ4v) is 6.83. The third-order valence-corrected chi connectivity index (χ3v) is 9.55. The lowest BCUT2D eigenvalue weighted by molar-refractivity contribution is 0.618. The van der Waals surface area contributed by atoms with Crippen molar-refractivity contribution >= 4 is 28.1 Å². The Bertz CT molecular complexity index is 134. The summed E-state index contributed by atoms with van der Waals surface area (Å²) in [5, 5.41) is 0. The van der Waals surface area contributed by atoms with Crippen molar-refractivity contribution in [3.8, 4) is 0 Å². The Morgan fingerprint density at radius 1 is 0.556 bits per heavy atom. The highest BCUT2D eigenvalue weighted by atomic mass is 127. The Hall–Kier alpha value is 0.947. The lowest BCUT2D eigenvalue weighted by atomic mass is 10.1. The zero-order valence-electron chi connectivity index (χ0n) is 12.9. The molecule has 0 aromatic carbocycles. The molecule has 0 saturated carbocycles. The molecule has 0 atom stereocenters. The topological polar surface area (TPSA) is 0 Å². The highest BCUT2D eigenvalue weighted by Gasteiger charge is 2.05. The van der Waals surface area contributed by atoms with E-state index in [0.29, 0.717) is 0 Å². The van der Waals surface area contributed by atoms with Crippen LogP contribution in [-0.4, -0.2) is 6.29 Å². The van der Waals surface area contributed by atoms with Crippen LogP contribution in [0.1, 0.15) is 90.9 Å². The number of rotatable bonds is 14. The maximum absolute atomic E-state index is 2.82. The quantitative estimate of drug-likeness (QED) is 0.133. The van der Waals surface area contributed by atoms with E-state index in [-0.39, 0.29) is 6.29 Å². The van der Waals surface area contributed by atoms with Crippen molar-refractivity contribution in [1.29, 1.82) is 0 Å². The van der Waals surface area contributed by atoms with Crippen LogP contribution in [0.25, 0.3) is 0 Å². The molecule has 0 aliphatic heterocycles. The molecule has 0 fully saturated rings. The van der Waals surface area contributed by atoms with Crippen molar-refractivity contribution in [3.63, 3.8) is 0 Å². The molecule has 0 nitrogen and oxygen atoms in total. The number of hydrogen-bond acceptors (Lipinski definition) is 0. The minimum Gasteiger partial charge on any atom is -0.123 e. The standard InChI is InChI=1S/C16H35ISi/c1-3-5-7-9-11-13-15-18(17)16-14-12-10-8-6-4-2/h18H,3-16H2,1-2H3. The fourth-order valence-electron chi connectivity index (χ4n) is 2.44. The molecule has 0 unspecified atom stereocenters. The Labute approximate surface area is 131 Å². The van der Waals surface area contributed by atoms with Gasteiger partial charge in [-0.2, -0.15) is 0 Å². The minimum absolute atomic E-state index is 0.350. The molecule has 0 amide bonds. The summed E-state index contributed by atoms with van der Waals surface area (Å²) in [6.07, 6.45) is 17.3. The molecule has 0 aliphatic rings. The van der Waals surface area contributed by atoms with E-state index in [0.717, 1.165) is 0 Å². The number of hydrogen-bond donors (Lipinski definition) is 0. The van der Waals surface area contributed by atoms with Crippen molar-refractivity contribution in [1.82, 2.24) is 0 Å². The van der Waals surface area contributed by atoms with Crippen molar-refractivity contribution in [3.05, 3.63) is 0 Å². The summed E-state index contributed by atoms with van der Waals surface area (Å²) in [4.78, 5) is 0. The summed E-state index contributed by atoms with van der Waals surface area (Å²) in [6.45, 7) is 4.60. The van der Waals surface area contributed by atoms with Gasteiger partial charge in [-0.15, -0.1) is 21.8 Å². The highest BCUT2D eigenvalue weighted by Crippen LogP contribution is 2.18. The van der Waals surface area contributed by atoms with E-state index in [4.69, 9.17) is 0 Å². The van der Waals surface area contributed by atoms with Crippen LogP contribution in [0.3, 0.4) is 0 Å². The number of halogens is 1. The first-order valence-corrected chi connectivity index (χ1v) is 14.3. The Morgan fingerprint density at radius 3 is 1.28 bits per heavy atom. The smallest absolute Gasteiger partial charge is 0.110 e. The van der Waals surface area contributed by atoms with Crippen LogP contribution < -0.4 is 0 Å². The van der Waals surface area contributed by atoms with Crippen molar-refractivity contribution < 1.29 is 0 Å². The van der Waals surface area contributed by atoms with Gasteiger partial charge in [0.05, 0.1) is 0 Å². The van der Waals surface area contributed by atoms with Gasteiger partial charge in [0.15, 0.2) is 0 Å². The lowest BCUT2D eigenvalue weighted by Gasteiger charge is -2.08. The molecule has 0 bridgehead atoms. The number of unbranched alkanes of at least 4 members (excludes halogenated alkanes) is 10. The zero-order chi connectivity index (χ0) is 13.5. The summed E-state index contributed by atoms with van der Waals surface area (Å²) < 4.78 is 0. The molecule has 18 heavy (non-hydrogen) atoms. The molecule has 110 valence electrons. The molecule has 2 heteroatoms. The fraction of sp³-hybridized carbons (Fsp3) is 1.00. The molecule has 0 aliphatic carbocycles. The van der Waals surface area contributed by atoms with Crippen LogP contribution in [0.4, 0.5) is 0 Å². The van der Waals surface area contributed by atoms with E-state index in [2.05, 4.69) is 35.6 Å². The summed E-state index contributed by atoms with van der Waals surface area (Å²) in [6, 6.07) is 3.20. The van der Waals surface area contributed by atoms with Gasteiger partial charge in [0.25, 0.3) is 0 Å². The van der Waals surface area contributed by atoms with Gasteiger partial charge in [-0.05, 0) is 0 Å². The van der Waals surface area contributed by atoms with Gasteiger partial charge in [-0.25, -0.2) is 0 Å². The monoisotopic (exact) mass is 382 g/mol. The van der Waals surface area contributed by atoms with Gasteiger partial charge in [-0.3, -0.25) is 0 Å². The third-order valence-electron chi connectivity index (χ3n) is 3.74. The van der Waals surface area contributed by atoms with Gasteiger partial charge < -0.3 is 0 Å². The molecular weight excluding hydrogens is 347 g/mol. The Kier molecular flexibility index (Phi) is 16.8. The summed E-state index contributed by atoms with van der Waals surface area (Å²) in [5.74, 6) is 0. The normalized spacial score (nSPS) is 11.3. The van der Waals surface area contributed by atoms with Gasteiger partial charge >= 0.3 is 0 Å². The lowest BCUT2D eigenvalue weighted by Crippen LogP contribution is -2.01. The summed E-state index contributed by atoms with van der Waals surface area (Å²) in [7, 11) is 0. The van der Waals surface area contributed by atoms with Crippen LogP contribution in [-0.2, 0) is 0 Å². The van der Waals surface area contributed by atoms with Crippen LogP contribution in [0, 0.1) is 0 Å². The largest absolute Gasteiger partial charge is 0.123 e. The van der Waals surface area contributed by atoms with E-state index in [9.17, 15) is 0 Å². The maximum Gasteiger partial charge on any atom is 0.110 e. The minimum atomic E-state index is -0.350. The highest BCUT2D eigenvalue weighted by molar-refractivity contribution is 14.1. The van der Waals surface area contributed by atoms with Gasteiger partial charge in [0, 0.05) is 0 Å². The summed E-state index contributed by atoms with van der Waals surface area (Å²) in [5.41, 5.74) is 0. The van der Waals surface area contributed by atoms with Crippen LogP contribution in [0.5, 0.6) is 0 Å².